The van der Waals surface area contributed by atoms with Crippen LogP contribution in [0, 0.1) is 11.8 Å². The second-order valence-corrected chi connectivity index (χ2v) is 6.91. The summed E-state index contributed by atoms with van der Waals surface area (Å²) in [6.07, 6.45) is 2.60. The molecule has 0 unspecified atom stereocenters. The lowest BCUT2D eigenvalue weighted by molar-refractivity contribution is -0.145. The molecular weight excluding hydrogens is 292 g/mol. The average molecular weight is 312 g/mol. The summed E-state index contributed by atoms with van der Waals surface area (Å²) in [5.41, 5.74) is 0.711. The lowest BCUT2D eigenvalue weighted by Gasteiger charge is -2.13. The molecule has 1 saturated carbocycles. The molecule has 2 rings (SSSR count). The van der Waals surface area contributed by atoms with Crippen LogP contribution in [0.5, 0.6) is 0 Å². The van der Waals surface area contributed by atoms with Gasteiger partial charge in [0.25, 0.3) is 0 Å². The number of benzene rings is 1. The van der Waals surface area contributed by atoms with E-state index in [4.69, 9.17) is 9.88 Å². The second kappa shape index (κ2) is 6.44. The van der Waals surface area contributed by atoms with E-state index >= 15 is 0 Å². The van der Waals surface area contributed by atoms with E-state index in [1.807, 2.05) is 0 Å². The molecule has 0 amide bonds. The summed E-state index contributed by atoms with van der Waals surface area (Å²) in [5, 5.41) is 8.31. The molecule has 0 spiro atoms. The van der Waals surface area contributed by atoms with Crippen LogP contribution in [0.4, 0.5) is 5.69 Å². The summed E-state index contributed by atoms with van der Waals surface area (Å²) in [7, 11) is -2.28. The zero-order valence-corrected chi connectivity index (χ0v) is 12.7. The van der Waals surface area contributed by atoms with Gasteiger partial charge in [0.2, 0.25) is 10.0 Å². The summed E-state index contributed by atoms with van der Waals surface area (Å²) < 4.78 is 27.3. The Balaban J connectivity index is 1.91. The van der Waals surface area contributed by atoms with Crippen molar-refractivity contribution in [1.82, 2.24) is 0 Å². The Bertz CT molecular complexity index is 615. The minimum Gasteiger partial charge on any atom is -0.469 e. The van der Waals surface area contributed by atoms with Crippen molar-refractivity contribution in [3.63, 3.8) is 0 Å². The van der Waals surface area contributed by atoms with Gasteiger partial charge in [-0.3, -0.25) is 4.79 Å². The van der Waals surface area contributed by atoms with Gasteiger partial charge in [-0.25, -0.2) is 13.6 Å². The Hall–Kier alpha value is -1.60. The maximum Gasteiger partial charge on any atom is 0.308 e. The molecule has 0 radical (unpaired) electrons. The predicted molar refractivity (Wildman–Crippen MR) is 79.2 cm³/mol. The number of ether oxygens (including phenoxy) is 1. The summed E-state index contributed by atoms with van der Waals surface area (Å²) in [5.74, 6) is 0.221. The third-order valence-electron chi connectivity index (χ3n) is 3.83. The summed E-state index contributed by atoms with van der Waals surface area (Å²) >= 11 is 0. The lowest BCUT2D eigenvalue weighted by atomic mass is 10.1. The molecule has 1 aromatic rings. The van der Waals surface area contributed by atoms with E-state index in [2.05, 4.69) is 5.32 Å². The van der Waals surface area contributed by atoms with Crippen LogP contribution in [0.25, 0.3) is 0 Å². The van der Waals surface area contributed by atoms with Gasteiger partial charge in [0.15, 0.2) is 0 Å². The van der Waals surface area contributed by atoms with Crippen molar-refractivity contribution in [3.05, 3.63) is 24.3 Å². The molecule has 1 aliphatic carbocycles. The number of rotatable bonds is 5. The minimum absolute atomic E-state index is 0.0162. The van der Waals surface area contributed by atoms with Crippen molar-refractivity contribution in [2.24, 2.45) is 17.0 Å². The Morgan fingerprint density at radius 1 is 1.43 bits per heavy atom. The fourth-order valence-corrected chi connectivity index (χ4v) is 3.25. The maximum atomic E-state index is 11.5. The number of anilines is 1. The standard InChI is InChI=1S/C14H20N2O4S/c1-20-14(17)11-6-5-10(7-11)9-16-12-3-2-4-13(8-12)21(15,18)19/h2-4,8,10-11,16H,5-7,9H2,1H3,(H2,15,18,19)/t10-,11+/m0/s1. The number of sulfonamides is 1. The normalized spacial score (nSPS) is 22.0. The van der Waals surface area contributed by atoms with Gasteiger partial charge in [-0.15, -0.1) is 0 Å². The molecule has 0 aromatic heterocycles. The van der Waals surface area contributed by atoms with Crippen molar-refractivity contribution in [3.8, 4) is 0 Å². The first-order chi connectivity index (χ1) is 9.90. The molecule has 6 nitrogen and oxygen atoms in total. The lowest BCUT2D eigenvalue weighted by Crippen LogP contribution is -2.16. The molecule has 0 bridgehead atoms. The first-order valence-corrected chi connectivity index (χ1v) is 8.39. The van der Waals surface area contributed by atoms with E-state index in [-0.39, 0.29) is 16.8 Å². The molecule has 2 atom stereocenters. The Morgan fingerprint density at radius 2 is 2.19 bits per heavy atom. The number of hydrogen-bond acceptors (Lipinski definition) is 5. The van der Waals surface area contributed by atoms with Crippen molar-refractivity contribution < 1.29 is 17.9 Å². The fraction of sp³-hybridized carbons (Fsp3) is 0.500. The highest BCUT2D eigenvalue weighted by atomic mass is 32.2. The van der Waals surface area contributed by atoms with Crippen LogP contribution in [0.15, 0.2) is 29.2 Å². The van der Waals surface area contributed by atoms with Gasteiger partial charge in [-0.05, 0) is 43.4 Å². The van der Waals surface area contributed by atoms with Crippen molar-refractivity contribution in [1.29, 1.82) is 0 Å². The third kappa shape index (κ3) is 4.18. The van der Waals surface area contributed by atoms with Crippen LogP contribution in [0.2, 0.25) is 0 Å². The molecule has 116 valence electrons. The number of carbonyl (C=O) groups excluding carboxylic acids is 1. The van der Waals surface area contributed by atoms with Gasteiger partial charge in [0.05, 0.1) is 17.9 Å². The number of carbonyl (C=O) groups is 1. The summed E-state index contributed by atoms with van der Waals surface area (Å²) in [4.78, 5) is 11.6. The Morgan fingerprint density at radius 3 is 2.86 bits per heavy atom. The van der Waals surface area contributed by atoms with Crippen LogP contribution in [-0.4, -0.2) is 28.0 Å². The first kappa shape index (κ1) is 15.8. The summed E-state index contributed by atoms with van der Waals surface area (Å²) in [6, 6.07) is 6.42. The Labute approximate surface area is 124 Å². The zero-order valence-electron chi connectivity index (χ0n) is 11.9. The fourth-order valence-electron chi connectivity index (χ4n) is 2.69. The minimum atomic E-state index is -3.69. The van der Waals surface area contributed by atoms with Crippen molar-refractivity contribution >= 4 is 21.7 Å². The van der Waals surface area contributed by atoms with Gasteiger partial charge in [0, 0.05) is 12.2 Å². The highest BCUT2D eigenvalue weighted by Gasteiger charge is 2.30. The predicted octanol–water partition coefficient (Wildman–Crippen LogP) is 1.34. The van der Waals surface area contributed by atoms with Crippen LogP contribution in [-0.2, 0) is 19.6 Å². The molecule has 7 heteroatoms. The average Bonchev–Trinajstić information content (AvgIpc) is 2.92. The SMILES string of the molecule is COC(=O)[C@@H]1CC[C@H](CNc2cccc(S(N)(=O)=O)c2)C1. The number of methoxy groups -OCH3 is 1. The van der Waals surface area contributed by atoms with E-state index in [9.17, 15) is 13.2 Å². The topological polar surface area (TPSA) is 98.5 Å². The first-order valence-electron chi connectivity index (χ1n) is 6.84. The van der Waals surface area contributed by atoms with Gasteiger partial charge in [-0.2, -0.15) is 0 Å². The second-order valence-electron chi connectivity index (χ2n) is 5.35. The third-order valence-corrected chi connectivity index (χ3v) is 4.74. The van der Waals surface area contributed by atoms with Gasteiger partial charge in [0.1, 0.15) is 0 Å². The quantitative estimate of drug-likeness (QED) is 0.799. The molecule has 0 saturated heterocycles. The van der Waals surface area contributed by atoms with Crippen LogP contribution < -0.4 is 10.5 Å². The molecule has 1 fully saturated rings. The van der Waals surface area contributed by atoms with E-state index in [0.717, 1.165) is 19.3 Å². The highest BCUT2D eigenvalue weighted by molar-refractivity contribution is 7.89. The molecule has 1 aromatic carbocycles. The van der Waals surface area contributed by atoms with Gasteiger partial charge >= 0.3 is 5.97 Å². The Kier molecular flexibility index (Phi) is 4.84. The number of hydrogen-bond donors (Lipinski definition) is 2. The van der Waals surface area contributed by atoms with E-state index < -0.39 is 10.0 Å². The van der Waals surface area contributed by atoms with Crippen LogP contribution in [0.1, 0.15) is 19.3 Å². The number of primary sulfonamides is 1. The van der Waals surface area contributed by atoms with Crippen molar-refractivity contribution in [2.45, 2.75) is 24.2 Å². The monoisotopic (exact) mass is 312 g/mol. The van der Waals surface area contributed by atoms with Crippen LogP contribution in [0.3, 0.4) is 0 Å². The van der Waals surface area contributed by atoms with E-state index in [1.54, 1.807) is 12.1 Å². The number of esters is 1. The highest BCUT2D eigenvalue weighted by Crippen LogP contribution is 2.31. The maximum absolute atomic E-state index is 11.5. The largest absolute Gasteiger partial charge is 0.469 e. The molecule has 0 heterocycles. The number of nitrogens with one attached hydrogen (secondary N) is 1. The summed E-state index contributed by atoms with van der Waals surface area (Å²) in [6.45, 7) is 0.696. The molecule has 0 aliphatic heterocycles. The van der Waals surface area contributed by atoms with E-state index in [0.29, 0.717) is 18.2 Å². The zero-order chi connectivity index (χ0) is 15.5. The van der Waals surface area contributed by atoms with Crippen LogP contribution >= 0.6 is 0 Å². The van der Waals surface area contributed by atoms with Crippen molar-refractivity contribution in [2.75, 3.05) is 19.0 Å². The van der Waals surface area contributed by atoms with Gasteiger partial charge < -0.3 is 10.1 Å². The number of nitrogens with two attached hydrogens (primary N) is 1. The molecular formula is C14H20N2O4S. The van der Waals surface area contributed by atoms with Gasteiger partial charge in [-0.1, -0.05) is 6.07 Å². The van der Waals surface area contributed by atoms with E-state index in [1.165, 1.54) is 19.2 Å². The molecule has 3 N–H and O–H groups in total. The molecule has 21 heavy (non-hydrogen) atoms. The molecule has 1 aliphatic rings. The smallest absolute Gasteiger partial charge is 0.308 e.